The van der Waals surface area contributed by atoms with Gasteiger partial charge >= 0.3 is 5.97 Å². The number of rotatable bonds is 3. The molecule has 2 heterocycles. The summed E-state index contributed by atoms with van der Waals surface area (Å²) in [6.07, 6.45) is -1.54. The number of pyridine rings is 1. The molecule has 0 saturated carbocycles. The van der Waals surface area contributed by atoms with Gasteiger partial charge in [0.15, 0.2) is 5.54 Å². The molecule has 0 unspecified atom stereocenters. The van der Waals surface area contributed by atoms with Crippen LogP contribution in [0.5, 0.6) is 0 Å². The number of nitrogens with two attached hydrogens (primary N) is 1. The summed E-state index contributed by atoms with van der Waals surface area (Å²) in [6, 6.07) is 7.06. The first-order chi connectivity index (χ1) is 13.2. The van der Waals surface area contributed by atoms with Crippen LogP contribution in [0.3, 0.4) is 0 Å². The van der Waals surface area contributed by atoms with Crippen LogP contribution in [-0.4, -0.2) is 41.5 Å². The first-order valence-corrected chi connectivity index (χ1v) is 8.04. The van der Waals surface area contributed by atoms with E-state index in [2.05, 4.69) is 9.98 Å². The smallest absolute Gasteiger partial charge is 0.354 e. The molecule has 0 aliphatic carbocycles. The summed E-state index contributed by atoms with van der Waals surface area (Å²) >= 11 is 0. The number of nitrogens with one attached hydrogen (secondary N) is 1. The van der Waals surface area contributed by atoms with E-state index in [1.54, 1.807) is 12.1 Å². The summed E-state index contributed by atoms with van der Waals surface area (Å²) in [4.78, 5) is 17.4. The fourth-order valence-corrected chi connectivity index (χ4v) is 2.57. The number of ether oxygens (including phenoxy) is 1. The standard InChI is InChI=1S/C12H13F3N3O.C6H5NO2/c1-6-2-7(16)3-8(10(6)13)12(11(14)15)5-19-4-9(17)18-12;8-6(9)5-3-1-2-4-7-5/h2-3,11,16H,4-5H2,1H3,(H2,17,18);1-4H,(H,8,9)/q-1;/t12-;/m0./s1. The average molecular weight is 395 g/mol. The number of aryl methyl sites for hydroxylation is 1. The van der Waals surface area contributed by atoms with E-state index in [0.717, 1.165) is 6.07 Å². The second kappa shape index (κ2) is 8.70. The molecule has 0 radical (unpaired) electrons. The number of hydrogen-bond donors (Lipinski definition) is 2. The largest absolute Gasteiger partial charge is 0.699 e. The molecule has 0 fully saturated rings. The van der Waals surface area contributed by atoms with Crippen LogP contribution in [0, 0.1) is 12.7 Å². The van der Waals surface area contributed by atoms with Crippen molar-refractivity contribution in [2.24, 2.45) is 10.7 Å². The summed E-state index contributed by atoms with van der Waals surface area (Å²) in [6.45, 7) is 0.883. The highest BCUT2D eigenvalue weighted by atomic mass is 19.3. The molecule has 1 aliphatic rings. The third-order valence-corrected chi connectivity index (χ3v) is 3.88. The van der Waals surface area contributed by atoms with E-state index in [-0.39, 0.29) is 35.0 Å². The number of nitrogens with zero attached hydrogens (tertiary/aromatic N) is 2. The summed E-state index contributed by atoms with van der Waals surface area (Å²) in [5.74, 6) is -1.91. The molecular weight excluding hydrogens is 377 g/mol. The van der Waals surface area contributed by atoms with Crippen LogP contribution < -0.4 is 5.73 Å². The van der Waals surface area contributed by atoms with Gasteiger partial charge < -0.3 is 21.3 Å². The fourth-order valence-electron chi connectivity index (χ4n) is 2.57. The van der Waals surface area contributed by atoms with Gasteiger partial charge in [-0.2, -0.15) is 0 Å². The molecule has 4 N–H and O–H groups in total. The maximum Gasteiger partial charge on any atom is 0.354 e. The molecule has 1 aromatic carbocycles. The van der Waals surface area contributed by atoms with Gasteiger partial charge in [-0.1, -0.05) is 18.2 Å². The molecule has 28 heavy (non-hydrogen) atoms. The van der Waals surface area contributed by atoms with Gasteiger partial charge in [-0.25, -0.2) is 22.9 Å². The van der Waals surface area contributed by atoms with Crippen molar-refractivity contribution in [2.45, 2.75) is 18.9 Å². The van der Waals surface area contributed by atoms with Crippen molar-refractivity contribution in [2.75, 3.05) is 13.2 Å². The molecular formula is C18H18F3N4O3-. The molecule has 1 aliphatic heterocycles. The second-order valence-electron chi connectivity index (χ2n) is 6.00. The highest BCUT2D eigenvalue weighted by Crippen LogP contribution is 2.39. The Morgan fingerprint density at radius 1 is 1.39 bits per heavy atom. The predicted octanol–water partition coefficient (Wildman–Crippen LogP) is 3.45. The van der Waals surface area contributed by atoms with Crippen LogP contribution in [0.1, 0.15) is 21.6 Å². The van der Waals surface area contributed by atoms with E-state index in [1.807, 2.05) is 0 Å². The highest BCUT2D eigenvalue weighted by molar-refractivity contribution is 5.85. The molecule has 7 nitrogen and oxygen atoms in total. The monoisotopic (exact) mass is 395 g/mol. The van der Waals surface area contributed by atoms with Crippen LogP contribution in [0.2, 0.25) is 0 Å². The number of carbonyl (C=O) groups is 1. The number of carboxylic acid groups (broad SMARTS) is 1. The topological polar surface area (TPSA) is 122 Å². The van der Waals surface area contributed by atoms with Crippen molar-refractivity contribution in [3.05, 3.63) is 64.9 Å². The Kier molecular flexibility index (Phi) is 6.57. The van der Waals surface area contributed by atoms with Crippen LogP contribution >= 0.6 is 0 Å². The zero-order chi connectivity index (χ0) is 20.9. The van der Waals surface area contributed by atoms with Gasteiger partial charge in [0, 0.05) is 11.8 Å². The van der Waals surface area contributed by atoms with E-state index in [0.29, 0.717) is 0 Å². The number of halogens is 3. The minimum atomic E-state index is -2.98. The minimum absolute atomic E-state index is 0.0599. The number of carboxylic acids is 1. The molecule has 0 amide bonds. The predicted molar refractivity (Wildman–Crippen MR) is 96.4 cm³/mol. The third-order valence-electron chi connectivity index (χ3n) is 3.88. The molecule has 0 spiro atoms. The van der Waals surface area contributed by atoms with Crippen LogP contribution in [0.4, 0.5) is 18.9 Å². The number of amidine groups is 1. The number of hydrogen-bond acceptors (Lipinski definition) is 5. The van der Waals surface area contributed by atoms with E-state index < -0.39 is 30.4 Å². The van der Waals surface area contributed by atoms with Gasteiger partial charge in [0.2, 0.25) is 0 Å². The minimum Gasteiger partial charge on any atom is -0.699 e. The van der Waals surface area contributed by atoms with Crippen molar-refractivity contribution in [1.82, 2.24) is 4.98 Å². The Balaban J connectivity index is 0.000000261. The molecule has 2 aromatic rings. The van der Waals surface area contributed by atoms with Crippen LogP contribution in [-0.2, 0) is 10.3 Å². The Bertz CT molecular complexity index is 878. The quantitative estimate of drug-likeness (QED) is 0.824. The van der Waals surface area contributed by atoms with E-state index in [4.69, 9.17) is 21.3 Å². The number of aliphatic imine (C=N–C) groups is 1. The summed E-state index contributed by atoms with van der Waals surface area (Å²) in [5, 5.41) is 8.32. The summed E-state index contributed by atoms with van der Waals surface area (Å²) < 4.78 is 45.9. The van der Waals surface area contributed by atoms with Crippen LogP contribution in [0.25, 0.3) is 5.73 Å². The molecule has 1 atom stereocenters. The van der Waals surface area contributed by atoms with Gasteiger partial charge in [0.1, 0.15) is 24.0 Å². The molecule has 3 rings (SSSR count). The summed E-state index contributed by atoms with van der Waals surface area (Å²) in [5.41, 5.74) is 10.6. The number of aromatic nitrogens is 1. The summed E-state index contributed by atoms with van der Waals surface area (Å²) in [7, 11) is 0. The molecule has 0 saturated heterocycles. The zero-order valence-electron chi connectivity index (χ0n) is 14.8. The maximum absolute atomic E-state index is 14.1. The Morgan fingerprint density at radius 3 is 2.61 bits per heavy atom. The van der Waals surface area contributed by atoms with E-state index >= 15 is 0 Å². The van der Waals surface area contributed by atoms with Crippen molar-refractivity contribution in [1.29, 1.82) is 0 Å². The first kappa shape index (κ1) is 21.2. The second-order valence-corrected chi connectivity index (χ2v) is 6.00. The molecule has 1 aromatic heterocycles. The van der Waals surface area contributed by atoms with Crippen molar-refractivity contribution >= 4 is 17.5 Å². The van der Waals surface area contributed by atoms with E-state index in [1.165, 1.54) is 25.3 Å². The average Bonchev–Trinajstić information content (AvgIpc) is 2.65. The normalized spacial score (nSPS) is 18.8. The molecule has 150 valence electrons. The van der Waals surface area contributed by atoms with Crippen molar-refractivity contribution < 1.29 is 27.8 Å². The number of alkyl halides is 2. The highest BCUT2D eigenvalue weighted by Gasteiger charge is 2.46. The van der Waals surface area contributed by atoms with Crippen molar-refractivity contribution in [3.8, 4) is 0 Å². The Morgan fingerprint density at radius 2 is 2.11 bits per heavy atom. The van der Waals surface area contributed by atoms with Gasteiger partial charge in [-0.3, -0.25) is 4.99 Å². The SMILES string of the molecule is Cc1cc([NH-])cc([C@]2(C(F)F)COCC(N)=N2)c1F.O=C(O)c1ccccn1. The first-order valence-electron chi connectivity index (χ1n) is 8.04. The fraction of sp³-hybridized carbons (Fsp3) is 0.278. The van der Waals surface area contributed by atoms with Crippen LogP contribution in [0.15, 0.2) is 41.5 Å². The zero-order valence-corrected chi connectivity index (χ0v) is 14.8. The Hall–Kier alpha value is -3.14. The number of aromatic carboxylic acids is 1. The van der Waals surface area contributed by atoms with Gasteiger partial charge in [-0.05, 0) is 24.6 Å². The molecule has 0 bridgehead atoms. The van der Waals surface area contributed by atoms with E-state index in [9.17, 15) is 18.0 Å². The lowest BCUT2D eigenvalue weighted by molar-refractivity contribution is -0.0146. The lowest BCUT2D eigenvalue weighted by Gasteiger charge is -2.34. The number of benzene rings is 1. The van der Waals surface area contributed by atoms with Crippen molar-refractivity contribution in [3.63, 3.8) is 0 Å². The lowest BCUT2D eigenvalue weighted by Crippen LogP contribution is -2.45. The third kappa shape index (κ3) is 4.58. The maximum atomic E-state index is 14.1. The molecule has 10 heteroatoms. The Labute approximate surface area is 158 Å². The van der Waals surface area contributed by atoms with Gasteiger partial charge in [0.05, 0.1) is 6.61 Å². The van der Waals surface area contributed by atoms with Gasteiger partial charge in [-0.15, -0.1) is 5.69 Å². The lowest BCUT2D eigenvalue weighted by atomic mass is 9.88. The van der Waals surface area contributed by atoms with Gasteiger partial charge in [0.25, 0.3) is 6.43 Å².